The molecule has 1 aromatic rings. The van der Waals surface area contributed by atoms with Crippen molar-refractivity contribution in [2.45, 2.75) is 6.92 Å². The van der Waals surface area contributed by atoms with Crippen LogP contribution in [0.1, 0.15) is 5.82 Å². The van der Waals surface area contributed by atoms with Crippen molar-refractivity contribution in [3.63, 3.8) is 0 Å². The fraction of sp³-hybridized carbons (Fsp3) is 0.333. The summed E-state index contributed by atoms with van der Waals surface area (Å²) in [5.74, 6) is 1.10. The largest absolute Gasteiger partial charge is 0.479 e. The van der Waals surface area contributed by atoms with Crippen LogP contribution in [0.5, 0.6) is 5.88 Å². The monoisotopic (exact) mass is 139 g/mol. The molecule has 10 heavy (non-hydrogen) atoms. The maximum atomic E-state index is 5.45. The molecular weight excluding hydrogens is 130 g/mol. The fourth-order valence-corrected chi connectivity index (χ4v) is 0.622. The van der Waals surface area contributed by atoms with E-state index in [0.717, 1.165) is 0 Å². The van der Waals surface area contributed by atoms with E-state index in [2.05, 4.69) is 9.97 Å². The van der Waals surface area contributed by atoms with E-state index in [1.807, 2.05) is 0 Å². The van der Waals surface area contributed by atoms with Gasteiger partial charge in [-0.3, -0.25) is 0 Å². The van der Waals surface area contributed by atoms with Gasteiger partial charge in [0.15, 0.2) is 0 Å². The van der Waals surface area contributed by atoms with Gasteiger partial charge in [-0.1, -0.05) is 0 Å². The highest BCUT2D eigenvalue weighted by molar-refractivity contribution is 5.45. The lowest BCUT2D eigenvalue weighted by atomic mass is 10.5. The number of aromatic nitrogens is 2. The standard InChI is InChI=1S/C6H9N3O/c1-4-8-3-5(7)6(9-4)10-2/h3H,7H2,1-2H3. The molecule has 0 fully saturated rings. The third-order valence-corrected chi connectivity index (χ3v) is 1.09. The molecule has 4 nitrogen and oxygen atoms in total. The average molecular weight is 139 g/mol. The van der Waals surface area contributed by atoms with Gasteiger partial charge in [0.1, 0.15) is 11.5 Å². The molecule has 1 heterocycles. The summed E-state index contributed by atoms with van der Waals surface area (Å²) in [6, 6.07) is 0. The highest BCUT2D eigenvalue weighted by atomic mass is 16.5. The van der Waals surface area contributed by atoms with Gasteiger partial charge in [-0.2, -0.15) is 4.98 Å². The Labute approximate surface area is 59.1 Å². The lowest BCUT2D eigenvalue weighted by molar-refractivity contribution is 0.398. The molecule has 0 radical (unpaired) electrons. The van der Waals surface area contributed by atoms with Crippen molar-refractivity contribution in [3.8, 4) is 5.88 Å². The maximum Gasteiger partial charge on any atom is 0.240 e. The number of nitrogens with zero attached hydrogens (tertiary/aromatic N) is 2. The molecular formula is C6H9N3O. The quantitative estimate of drug-likeness (QED) is 0.610. The number of hydrogen-bond donors (Lipinski definition) is 1. The number of rotatable bonds is 1. The van der Waals surface area contributed by atoms with Gasteiger partial charge < -0.3 is 10.5 Å². The van der Waals surface area contributed by atoms with Crippen molar-refractivity contribution in [2.24, 2.45) is 0 Å². The molecule has 0 spiro atoms. The summed E-state index contributed by atoms with van der Waals surface area (Å²) in [6.45, 7) is 1.78. The third kappa shape index (κ3) is 1.15. The highest BCUT2D eigenvalue weighted by Gasteiger charge is 1.99. The predicted molar refractivity (Wildman–Crippen MR) is 37.7 cm³/mol. The number of anilines is 1. The lowest BCUT2D eigenvalue weighted by Gasteiger charge is -2.01. The molecule has 0 aromatic carbocycles. The SMILES string of the molecule is COc1nc(C)ncc1N. The Balaban J connectivity index is 3.09. The zero-order valence-electron chi connectivity index (χ0n) is 5.96. The van der Waals surface area contributed by atoms with Crippen LogP contribution in [0.4, 0.5) is 5.69 Å². The summed E-state index contributed by atoms with van der Waals surface area (Å²) in [4.78, 5) is 7.80. The van der Waals surface area contributed by atoms with Gasteiger partial charge in [-0.25, -0.2) is 4.98 Å². The second kappa shape index (κ2) is 2.51. The molecule has 0 atom stereocenters. The van der Waals surface area contributed by atoms with E-state index in [-0.39, 0.29) is 0 Å². The summed E-state index contributed by atoms with van der Waals surface area (Å²) >= 11 is 0. The third-order valence-electron chi connectivity index (χ3n) is 1.09. The molecule has 1 aromatic heterocycles. The van der Waals surface area contributed by atoms with Gasteiger partial charge in [0.2, 0.25) is 5.88 Å². The second-order valence-electron chi connectivity index (χ2n) is 1.88. The van der Waals surface area contributed by atoms with Crippen LogP contribution in [0.2, 0.25) is 0 Å². The van der Waals surface area contributed by atoms with Gasteiger partial charge in [-0.05, 0) is 6.92 Å². The minimum atomic E-state index is 0.438. The summed E-state index contributed by atoms with van der Waals surface area (Å²) < 4.78 is 4.85. The molecule has 1 rings (SSSR count). The number of nitrogens with two attached hydrogens (primary N) is 1. The first-order valence-corrected chi connectivity index (χ1v) is 2.87. The number of aryl methyl sites for hydroxylation is 1. The van der Waals surface area contributed by atoms with Gasteiger partial charge in [0.05, 0.1) is 13.3 Å². The van der Waals surface area contributed by atoms with E-state index in [1.54, 1.807) is 6.92 Å². The molecule has 0 aliphatic heterocycles. The molecule has 2 N–H and O–H groups in total. The zero-order chi connectivity index (χ0) is 7.56. The molecule has 0 amide bonds. The molecule has 0 aliphatic rings. The molecule has 0 saturated carbocycles. The molecule has 0 bridgehead atoms. The van der Waals surface area contributed by atoms with Crippen LogP contribution >= 0.6 is 0 Å². The highest BCUT2D eigenvalue weighted by Crippen LogP contribution is 2.14. The smallest absolute Gasteiger partial charge is 0.240 e. The zero-order valence-corrected chi connectivity index (χ0v) is 5.96. The topological polar surface area (TPSA) is 61.0 Å². The first-order valence-electron chi connectivity index (χ1n) is 2.87. The van der Waals surface area contributed by atoms with Crippen molar-refractivity contribution in [1.29, 1.82) is 0 Å². The van der Waals surface area contributed by atoms with Crippen LogP contribution in [0, 0.1) is 6.92 Å². The van der Waals surface area contributed by atoms with Crippen LogP contribution in [0.3, 0.4) is 0 Å². The van der Waals surface area contributed by atoms with Crippen molar-refractivity contribution < 1.29 is 4.74 Å². The van der Waals surface area contributed by atoms with Crippen LogP contribution in [0.25, 0.3) is 0 Å². The summed E-state index contributed by atoms with van der Waals surface area (Å²) in [7, 11) is 1.53. The van der Waals surface area contributed by atoms with Crippen molar-refractivity contribution in [3.05, 3.63) is 12.0 Å². The maximum absolute atomic E-state index is 5.45. The summed E-state index contributed by atoms with van der Waals surface area (Å²) in [5.41, 5.74) is 5.92. The van der Waals surface area contributed by atoms with Gasteiger partial charge in [-0.15, -0.1) is 0 Å². The van der Waals surface area contributed by atoms with Gasteiger partial charge >= 0.3 is 0 Å². The number of nitrogen functional groups attached to an aromatic ring is 1. The second-order valence-corrected chi connectivity index (χ2v) is 1.88. The van der Waals surface area contributed by atoms with E-state index in [0.29, 0.717) is 17.4 Å². The van der Waals surface area contributed by atoms with Crippen molar-refractivity contribution in [2.75, 3.05) is 12.8 Å². The Morgan fingerprint density at radius 1 is 1.60 bits per heavy atom. The number of methoxy groups -OCH3 is 1. The van der Waals surface area contributed by atoms with Crippen LogP contribution in [-0.4, -0.2) is 17.1 Å². The first-order chi connectivity index (χ1) is 4.74. The van der Waals surface area contributed by atoms with Crippen molar-refractivity contribution >= 4 is 5.69 Å². The number of hydrogen-bond acceptors (Lipinski definition) is 4. The molecule has 4 heteroatoms. The van der Waals surface area contributed by atoms with E-state index < -0.39 is 0 Å². The Morgan fingerprint density at radius 3 is 2.80 bits per heavy atom. The molecule has 0 saturated heterocycles. The van der Waals surface area contributed by atoms with Crippen LogP contribution < -0.4 is 10.5 Å². The van der Waals surface area contributed by atoms with Crippen LogP contribution in [-0.2, 0) is 0 Å². The van der Waals surface area contributed by atoms with E-state index in [1.165, 1.54) is 13.3 Å². The average Bonchev–Trinajstić information content (AvgIpc) is 1.94. The molecule has 0 unspecified atom stereocenters. The van der Waals surface area contributed by atoms with Crippen LogP contribution in [0.15, 0.2) is 6.20 Å². The Hall–Kier alpha value is -1.32. The van der Waals surface area contributed by atoms with Crippen molar-refractivity contribution in [1.82, 2.24) is 9.97 Å². The van der Waals surface area contributed by atoms with E-state index in [4.69, 9.17) is 10.5 Å². The van der Waals surface area contributed by atoms with E-state index in [9.17, 15) is 0 Å². The Kier molecular flexibility index (Phi) is 1.71. The Bertz CT molecular complexity index is 236. The molecule has 54 valence electrons. The van der Waals surface area contributed by atoms with Gasteiger partial charge in [0, 0.05) is 0 Å². The van der Waals surface area contributed by atoms with Gasteiger partial charge in [0.25, 0.3) is 0 Å². The molecule has 0 aliphatic carbocycles. The predicted octanol–water partition coefficient (Wildman–Crippen LogP) is 0.376. The minimum absolute atomic E-state index is 0.438. The lowest BCUT2D eigenvalue weighted by Crippen LogP contribution is -1.98. The minimum Gasteiger partial charge on any atom is -0.479 e. The first kappa shape index (κ1) is 6.80. The van der Waals surface area contributed by atoms with E-state index >= 15 is 0 Å². The number of ether oxygens (including phenoxy) is 1. The summed E-state index contributed by atoms with van der Waals surface area (Å²) in [6.07, 6.45) is 1.53. The fourth-order valence-electron chi connectivity index (χ4n) is 0.622. The Morgan fingerprint density at radius 2 is 2.30 bits per heavy atom. The summed E-state index contributed by atoms with van der Waals surface area (Å²) in [5, 5.41) is 0. The normalized spacial score (nSPS) is 9.40.